The minimum absolute atomic E-state index is 0.119. The molecule has 0 saturated carbocycles. The molecule has 0 aliphatic heterocycles. The van der Waals surface area contributed by atoms with E-state index in [1.54, 1.807) is 24.3 Å². The lowest BCUT2D eigenvalue weighted by Gasteiger charge is -2.10. The third-order valence-corrected chi connectivity index (χ3v) is 3.08. The fourth-order valence-corrected chi connectivity index (χ4v) is 2.09. The molecule has 0 aliphatic carbocycles. The fraction of sp³-hybridized carbons (Fsp3) is 0.357. The van der Waals surface area contributed by atoms with Gasteiger partial charge < -0.3 is 9.15 Å². The van der Waals surface area contributed by atoms with Gasteiger partial charge in [0.1, 0.15) is 11.7 Å². The molecule has 3 nitrogen and oxygen atoms in total. The van der Waals surface area contributed by atoms with Crippen LogP contribution in [0.25, 0.3) is 11.0 Å². The summed E-state index contributed by atoms with van der Waals surface area (Å²) in [7, 11) is 1.54. The van der Waals surface area contributed by atoms with E-state index in [2.05, 4.69) is 0 Å². The molecule has 0 saturated heterocycles. The van der Waals surface area contributed by atoms with E-state index in [1.165, 1.54) is 7.11 Å². The van der Waals surface area contributed by atoms with Crippen LogP contribution in [0.5, 0.6) is 0 Å². The maximum absolute atomic E-state index is 12.2. The summed E-state index contributed by atoms with van der Waals surface area (Å²) in [5.41, 5.74) is 0.661. The predicted molar refractivity (Wildman–Crippen MR) is 71.3 cm³/mol. The normalized spacial score (nSPS) is 12.8. The molecule has 0 N–H and O–H groups in total. The second-order valence-electron chi connectivity index (χ2n) is 4.17. The molecule has 1 heterocycles. The van der Waals surface area contributed by atoms with Crippen molar-refractivity contribution < 1.29 is 13.9 Å². The molecule has 2 rings (SSSR count). The quantitative estimate of drug-likeness (QED) is 0.766. The zero-order valence-electron chi connectivity index (χ0n) is 10.4. The second kappa shape index (κ2) is 5.55. The van der Waals surface area contributed by atoms with Crippen LogP contribution in [0.2, 0.25) is 5.02 Å². The van der Waals surface area contributed by atoms with Gasteiger partial charge in [-0.3, -0.25) is 4.79 Å². The first-order valence-electron chi connectivity index (χ1n) is 5.91. The molecular formula is C14H15ClO3. The lowest BCUT2D eigenvalue weighted by molar-refractivity contribution is 0.0553. The highest BCUT2D eigenvalue weighted by molar-refractivity contribution is 6.31. The van der Waals surface area contributed by atoms with E-state index in [9.17, 15) is 4.79 Å². The van der Waals surface area contributed by atoms with Gasteiger partial charge in [0.05, 0.1) is 0 Å². The number of carbonyl (C=O) groups excluding carboxylic acids is 1. The van der Waals surface area contributed by atoms with Gasteiger partial charge in [-0.05, 0) is 30.7 Å². The molecule has 1 unspecified atom stereocenters. The van der Waals surface area contributed by atoms with E-state index in [-0.39, 0.29) is 5.78 Å². The van der Waals surface area contributed by atoms with Gasteiger partial charge in [0.2, 0.25) is 5.78 Å². The maximum Gasteiger partial charge on any atom is 0.226 e. The molecule has 1 atom stereocenters. The van der Waals surface area contributed by atoms with Gasteiger partial charge >= 0.3 is 0 Å². The predicted octanol–water partition coefficient (Wildman–Crippen LogP) is 4.08. The number of ether oxygens (including phenoxy) is 1. The Morgan fingerprint density at radius 1 is 1.44 bits per heavy atom. The summed E-state index contributed by atoms with van der Waals surface area (Å²) >= 11 is 5.90. The Morgan fingerprint density at radius 2 is 2.22 bits per heavy atom. The topological polar surface area (TPSA) is 39.4 Å². The number of halogens is 1. The molecule has 0 aliphatic rings. The van der Waals surface area contributed by atoms with Gasteiger partial charge in [-0.15, -0.1) is 0 Å². The van der Waals surface area contributed by atoms with Gasteiger partial charge in [-0.1, -0.05) is 24.9 Å². The van der Waals surface area contributed by atoms with Crippen molar-refractivity contribution in [1.82, 2.24) is 0 Å². The molecule has 0 bridgehead atoms. The Morgan fingerprint density at radius 3 is 2.89 bits per heavy atom. The van der Waals surface area contributed by atoms with Crippen molar-refractivity contribution in [1.29, 1.82) is 0 Å². The molecular weight excluding hydrogens is 252 g/mol. The zero-order chi connectivity index (χ0) is 13.1. The first kappa shape index (κ1) is 13.1. The zero-order valence-corrected chi connectivity index (χ0v) is 11.2. The lowest BCUT2D eigenvalue weighted by atomic mass is 10.1. The Kier molecular flexibility index (Phi) is 4.04. The van der Waals surface area contributed by atoms with Crippen LogP contribution in [0.3, 0.4) is 0 Å². The summed E-state index contributed by atoms with van der Waals surface area (Å²) in [6.45, 7) is 2.01. The van der Waals surface area contributed by atoms with Crippen LogP contribution < -0.4 is 0 Å². The Hall–Kier alpha value is -1.32. The SMILES string of the molecule is CCCC(OC)C(=O)c1cc2cc(Cl)ccc2o1. The molecule has 96 valence electrons. The van der Waals surface area contributed by atoms with Crippen molar-refractivity contribution in [2.75, 3.05) is 7.11 Å². The largest absolute Gasteiger partial charge is 0.453 e. The van der Waals surface area contributed by atoms with E-state index >= 15 is 0 Å². The molecule has 1 aromatic carbocycles. The highest BCUT2D eigenvalue weighted by atomic mass is 35.5. The molecule has 0 spiro atoms. The molecule has 18 heavy (non-hydrogen) atoms. The van der Waals surface area contributed by atoms with E-state index in [4.69, 9.17) is 20.8 Å². The van der Waals surface area contributed by atoms with E-state index in [0.29, 0.717) is 22.8 Å². The summed E-state index contributed by atoms with van der Waals surface area (Å²) in [6.07, 6.45) is 1.13. The molecule has 2 aromatic rings. The van der Waals surface area contributed by atoms with Crippen molar-refractivity contribution in [2.45, 2.75) is 25.9 Å². The molecule has 0 radical (unpaired) electrons. The van der Waals surface area contributed by atoms with Gasteiger partial charge in [-0.2, -0.15) is 0 Å². The number of fused-ring (bicyclic) bond motifs is 1. The Balaban J connectivity index is 2.32. The highest BCUT2D eigenvalue weighted by Gasteiger charge is 2.22. The van der Waals surface area contributed by atoms with Crippen molar-refractivity contribution in [2.24, 2.45) is 0 Å². The standard InChI is InChI=1S/C14H15ClO3/c1-3-4-12(17-2)14(16)13-8-9-7-10(15)5-6-11(9)18-13/h5-8,12H,3-4H2,1-2H3. The van der Waals surface area contributed by atoms with E-state index < -0.39 is 6.10 Å². The number of hydrogen-bond donors (Lipinski definition) is 0. The first-order valence-corrected chi connectivity index (χ1v) is 6.29. The summed E-state index contributed by atoms with van der Waals surface area (Å²) < 4.78 is 10.7. The summed E-state index contributed by atoms with van der Waals surface area (Å²) in [5.74, 6) is 0.208. The molecule has 4 heteroatoms. The van der Waals surface area contributed by atoms with Gasteiger partial charge in [0.15, 0.2) is 5.76 Å². The summed E-state index contributed by atoms with van der Waals surface area (Å²) in [6, 6.07) is 6.99. The highest BCUT2D eigenvalue weighted by Crippen LogP contribution is 2.24. The number of hydrogen-bond acceptors (Lipinski definition) is 3. The number of carbonyl (C=O) groups is 1. The smallest absolute Gasteiger partial charge is 0.226 e. The second-order valence-corrected chi connectivity index (χ2v) is 4.61. The number of rotatable bonds is 5. The van der Waals surface area contributed by atoms with E-state index in [0.717, 1.165) is 11.8 Å². The average molecular weight is 267 g/mol. The maximum atomic E-state index is 12.2. The van der Waals surface area contributed by atoms with Crippen LogP contribution >= 0.6 is 11.6 Å². The van der Waals surface area contributed by atoms with Gasteiger partial charge in [0, 0.05) is 17.5 Å². The van der Waals surface area contributed by atoms with Crippen molar-refractivity contribution in [3.63, 3.8) is 0 Å². The van der Waals surface area contributed by atoms with Crippen LogP contribution in [0.4, 0.5) is 0 Å². The monoisotopic (exact) mass is 266 g/mol. The molecule has 1 aromatic heterocycles. The Bertz CT molecular complexity index is 559. The number of methoxy groups -OCH3 is 1. The minimum atomic E-state index is -0.439. The van der Waals surface area contributed by atoms with Gasteiger partial charge in [0.25, 0.3) is 0 Å². The minimum Gasteiger partial charge on any atom is -0.453 e. The fourth-order valence-electron chi connectivity index (χ4n) is 1.91. The van der Waals surface area contributed by atoms with Crippen molar-refractivity contribution >= 4 is 28.4 Å². The molecule has 0 amide bonds. The Labute approximate surface area is 111 Å². The van der Waals surface area contributed by atoms with E-state index in [1.807, 2.05) is 6.92 Å². The van der Waals surface area contributed by atoms with Crippen molar-refractivity contribution in [3.05, 3.63) is 35.0 Å². The van der Waals surface area contributed by atoms with Crippen LogP contribution in [0.1, 0.15) is 30.3 Å². The first-order chi connectivity index (χ1) is 8.65. The van der Waals surface area contributed by atoms with Crippen LogP contribution in [-0.4, -0.2) is 19.0 Å². The third kappa shape index (κ3) is 2.57. The summed E-state index contributed by atoms with van der Waals surface area (Å²) in [5, 5.41) is 1.45. The number of furan rings is 1. The summed E-state index contributed by atoms with van der Waals surface area (Å²) in [4.78, 5) is 12.2. The number of benzene rings is 1. The number of ketones is 1. The van der Waals surface area contributed by atoms with Crippen molar-refractivity contribution in [3.8, 4) is 0 Å². The van der Waals surface area contributed by atoms with Crippen LogP contribution in [0, 0.1) is 0 Å². The lowest BCUT2D eigenvalue weighted by Crippen LogP contribution is -2.22. The molecule has 0 fully saturated rings. The van der Waals surface area contributed by atoms with Crippen LogP contribution in [0.15, 0.2) is 28.7 Å². The average Bonchev–Trinajstić information content (AvgIpc) is 2.77. The third-order valence-electron chi connectivity index (χ3n) is 2.85. The number of Topliss-reactive ketones (excluding diaryl/α,β-unsaturated/α-hetero) is 1. The van der Waals surface area contributed by atoms with Gasteiger partial charge in [-0.25, -0.2) is 0 Å². The van der Waals surface area contributed by atoms with Crippen LogP contribution in [-0.2, 0) is 4.74 Å².